The third-order valence-electron chi connectivity index (χ3n) is 3.15. The molecule has 1 N–H and O–H groups in total. The van der Waals surface area contributed by atoms with Gasteiger partial charge in [0.2, 0.25) is 5.91 Å². The first-order chi connectivity index (χ1) is 9.06. The van der Waals surface area contributed by atoms with Crippen molar-refractivity contribution in [2.75, 3.05) is 24.3 Å². The third kappa shape index (κ3) is 2.68. The molecule has 19 heavy (non-hydrogen) atoms. The fourth-order valence-corrected chi connectivity index (χ4v) is 2.37. The number of benzene rings is 1. The fourth-order valence-electron chi connectivity index (χ4n) is 2.12. The number of carbonyl (C=O) groups excluding carboxylic acids is 2. The van der Waals surface area contributed by atoms with Crippen molar-refractivity contribution in [3.05, 3.63) is 23.8 Å². The zero-order chi connectivity index (χ0) is 14.0. The van der Waals surface area contributed by atoms with Crippen molar-refractivity contribution in [2.45, 2.75) is 6.42 Å². The molecule has 0 saturated carbocycles. The fraction of sp³-hybridized carbons (Fsp3) is 0.385. The zero-order valence-corrected chi connectivity index (χ0v) is 11.4. The number of aromatic hydroxyl groups is 1. The summed E-state index contributed by atoms with van der Waals surface area (Å²) in [7, 11) is 1.28. The minimum atomic E-state index is -0.501. The molecule has 102 valence electrons. The van der Waals surface area contributed by atoms with E-state index < -0.39 is 5.97 Å². The average molecular weight is 281 g/mol. The maximum atomic E-state index is 11.9. The van der Waals surface area contributed by atoms with Crippen LogP contribution in [0.15, 0.2) is 18.2 Å². The Hall–Kier alpha value is -1.69. The van der Waals surface area contributed by atoms with Crippen LogP contribution in [0.4, 0.5) is 5.69 Å². The van der Waals surface area contributed by atoms with E-state index in [4.69, 9.17) is 0 Å². The Morgan fingerprint density at radius 1 is 1.58 bits per heavy atom. The molecular weight excluding hydrogens is 266 g/mol. The van der Waals surface area contributed by atoms with Gasteiger partial charge in [-0.1, -0.05) is 0 Å². The lowest BCUT2D eigenvalue weighted by atomic mass is 10.1. The Kier molecular flexibility index (Phi) is 3.99. The molecule has 1 aliphatic rings. The van der Waals surface area contributed by atoms with Crippen molar-refractivity contribution in [1.82, 2.24) is 0 Å². The number of hydrogen-bond donors (Lipinski definition) is 2. The lowest BCUT2D eigenvalue weighted by Gasteiger charge is -2.18. The van der Waals surface area contributed by atoms with Crippen LogP contribution in [-0.2, 0) is 9.53 Å². The molecule has 1 aromatic rings. The predicted molar refractivity (Wildman–Crippen MR) is 73.8 cm³/mol. The van der Waals surface area contributed by atoms with Crippen molar-refractivity contribution in [1.29, 1.82) is 0 Å². The molecule has 1 aromatic carbocycles. The molecule has 0 bridgehead atoms. The van der Waals surface area contributed by atoms with Gasteiger partial charge < -0.3 is 14.7 Å². The van der Waals surface area contributed by atoms with E-state index in [-0.39, 0.29) is 17.6 Å². The van der Waals surface area contributed by atoms with Gasteiger partial charge >= 0.3 is 5.97 Å². The highest BCUT2D eigenvalue weighted by molar-refractivity contribution is 7.80. The molecule has 2 rings (SSSR count). The van der Waals surface area contributed by atoms with E-state index in [0.29, 0.717) is 30.0 Å². The van der Waals surface area contributed by atoms with Gasteiger partial charge in [0.1, 0.15) is 5.75 Å². The van der Waals surface area contributed by atoms with Crippen molar-refractivity contribution in [3.8, 4) is 5.75 Å². The second kappa shape index (κ2) is 5.52. The smallest absolute Gasteiger partial charge is 0.337 e. The lowest BCUT2D eigenvalue weighted by Crippen LogP contribution is -2.25. The van der Waals surface area contributed by atoms with Gasteiger partial charge in [-0.15, -0.1) is 0 Å². The number of ether oxygens (including phenoxy) is 1. The van der Waals surface area contributed by atoms with Gasteiger partial charge in [-0.2, -0.15) is 12.6 Å². The normalized spacial score (nSPS) is 18.7. The molecule has 1 atom stereocenters. The molecule has 0 radical (unpaired) electrons. The summed E-state index contributed by atoms with van der Waals surface area (Å²) >= 11 is 4.19. The quantitative estimate of drug-likeness (QED) is 0.650. The van der Waals surface area contributed by atoms with Gasteiger partial charge in [-0.25, -0.2) is 4.79 Å². The van der Waals surface area contributed by atoms with E-state index in [1.807, 2.05) is 0 Å². The second-order valence-corrected chi connectivity index (χ2v) is 4.82. The van der Waals surface area contributed by atoms with E-state index in [9.17, 15) is 14.7 Å². The van der Waals surface area contributed by atoms with E-state index in [1.165, 1.54) is 30.2 Å². The highest BCUT2D eigenvalue weighted by atomic mass is 32.1. The zero-order valence-electron chi connectivity index (χ0n) is 10.5. The molecular formula is C13H15NO4S. The van der Waals surface area contributed by atoms with Crippen molar-refractivity contribution in [3.63, 3.8) is 0 Å². The number of rotatable bonds is 3. The van der Waals surface area contributed by atoms with E-state index in [1.54, 1.807) is 0 Å². The summed E-state index contributed by atoms with van der Waals surface area (Å²) < 4.78 is 4.63. The number of methoxy groups -OCH3 is 1. The summed E-state index contributed by atoms with van der Waals surface area (Å²) in [6.07, 6.45) is 0.408. The van der Waals surface area contributed by atoms with Crippen LogP contribution in [0.25, 0.3) is 0 Å². The average Bonchev–Trinajstić information content (AvgIpc) is 2.79. The molecule has 1 unspecified atom stereocenters. The van der Waals surface area contributed by atoms with Crippen LogP contribution >= 0.6 is 12.6 Å². The Morgan fingerprint density at radius 2 is 2.32 bits per heavy atom. The number of carbonyl (C=O) groups is 2. The molecule has 1 aliphatic heterocycles. The van der Waals surface area contributed by atoms with Gasteiger partial charge in [0.15, 0.2) is 0 Å². The summed E-state index contributed by atoms with van der Waals surface area (Å²) in [4.78, 5) is 24.9. The Labute approximate surface area is 116 Å². The first-order valence-corrected chi connectivity index (χ1v) is 6.52. The molecule has 0 aromatic heterocycles. The molecule has 5 nitrogen and oxygen atoms in total. The van der Waals surface area contributed by atoms with Crippen LogP contribution in [0.1, 0.15) is 16.8 Å². The second-order valence-electron chi connectivity index (χ2n) is 4.45. The third-order valence-corrected chi connectivity index (χ3v) is 3.67. The number of amides is 1. The van der Waals surface area contributed by atoms with Crippen LogP contribution < -0.4 is 4.90 Å². The Morgan fingerprint density at radius 3 is 2.89 bits per heavy atom. The lowest BCUT2D eigenvalue weighted by molar-refractivity contribution is -0.117. The number of esters is 1. The highest BCUT2D eigenvalue weighted by Gasteiger charge is 2.31. The van der Waals surface area contributed by atoms with E-state index in [0.717, 1.165) is 0 Å². The Balaban J connectivity index is 2.34. The summed E-state index contributed by atoms with van der Waals surface area (Å²) in [6, 6.07) is 4.32. The molecule has 6 heteroatoms. The first kappa shape index (κ1) is 13.7. The summed E-state index contributed by atoms with van der Waals surface area (Å²) in [5.41, 5.74) is 0.648. The molecule has 1 fully saturated rings. The van der Waals surface area contributed by atoms with Gasteiger partial charge in [-0.3, -0.25) is 4.79 Å². The number of phenols is 1. The number of phenolic OH excluding ortho intramolecular Hbond substituents is 1. The topological polar surface area (TPSA) is 66.8 Å². The number of anilines is 1. The van der Waals surface area contributed by atoms with E-state index in [2.05, 4.69) is 17.4 Å². The number of hydrogen-bond acceptors (Lipinski definition) is 5. The van der Waals surface area contributed by atoms with Crippen molar-refractivity contribution in [2.24, 2.45) is 5.92 Å². The Bertz CT molecular complexity index is 517. The standard InChI is InChI=1S/C13H15NO4S/c1-18-13(17)9-2-3-11(15)10(5-9)14-6-8(7-19)4-12(14)16/h2-3,5,8,15,19H,4,6-7H2,1H3. The molecule has 1 saturated heterocycles. The monoisotopic (exact) mass is 281 g/mol. The van der Waals surface area contributed by atoms with Crippen molar-refractivity contribution < 1.29 is 19.4 Å². The van der Waals surface area contributed by atoms with Crippen LogP contribution in [0.3, 0.4) is 0 Å². The molecule has 1 heterocycles. The number of thiol groups is 1. The summed E-state index contributed by atoms with van der Waals surface area (Å²) in [6.45, 7) is 0.501. The number of nitrogens with zero attached hydrogens (tertiary/aromatic N) is 1. The van der Waals surface area contributed by atoms with Gasteiger partial charge in [-0.05, 0) is 29.9 Å². The van der Waals surface area contributed by atoms with Crippen LogP contribution in [0.5, 0.6) is 5.75 Å². The largest absolute Gasteiger partial charge is 0.506 e. The van der Waals surface area contributed by atoms with E-state index >= 15 is 0 Å². The van der Waals surface area contributed by atoms with Gasteiger partial charge in [0.05, 0.1) is 18.4 Å². The van der Waals surface area contributed by atoms with Crippen LogP contribution in [0.2, 0.25) is 0 Å². The predicted octanol–water partition coefficient (Wildman–Crippen LogP) is 1.46. The highest BCUT2D eigenvalue weighted by Crippen LogP contribution is 2.33. The minimum absolute atomic E-state index is 0.0270. The molecule has 0 spiro atoms. The molecule has 0 aliphatic carbocycles. The van der Waals surface area contributed by atoms with Crippen LogP contribution in [0, 0.1) is 5.92 Å². The first-order valence-electron chi connectivity index (χ1n) is 5.89. The SMILES string of the molecule is COC(=O)c1ccc(O)c(N2CC(CS)CC2=O)c1. The molecule has 1 amide bonds. The van der Waals surface area contributed by atoms with Gasteiger partial charge in [0.25, 0.3) is 0 Å². The van der Waals surface area contributed by atoms with Crippen LogP contribution in [-0.4, -0.2) is 36.4 Å². The van der Waals surface area contributed by atoms with Gasteiger partial charge in [0, 0.05) is 13.0 Å². The minimum Gasteiger partial charge on any atom is -0.506 e. The summed E-state index contributed by atoms with van der Waals surface area (Å²) in [5, 5.41) is 9.86. The van der Waals surface area contributed by atoms with Crippen molar-refractivity contribution >= 4 is 30.2 Å². The summed E-state index contributed by atoms with van der Waals surface area (Å²) in [5.74, 6) is 0.174. The maximum absolute atomic E-state index is 11.9. The maximum Gasteiger partial charge on any atom is 0.337 e.